The maximum Gasteiger partial charge on any atom is 0.329 e. The molecule has 21 heavy (non-hydrogen) atoms. The molecule has 114 valence electrons. The second-order valence-corrected chi connectivity index (χ2v) is 6.27. The van der Waals surface area contributed by atoms with Gasteiger partial charge in [-0.3, -0.25) is 4.79 Å². The van der Waals surface area contributed by atoms with Crippen LogP contribution in [0.1, 0.15) is 17.3 Å². The molecule has 5 nitrogen and oxygen atoms in total. The minimum absolute atomic E-state index is 0.182. The smallest absolute Gasteiger partial charge is 0.329 e. The Labute approximate surface area is 136 Å². The van der Waals surface area contributed by atoms with Crippen LogP contribution in [0.3, 0.4) is 0 Å². The number of carbonyl (C=O) groups excluding carboxylic acids is 2. The lowest BCUT2D eigenvalue weighted by atomic mass is 10.2. The van der Waals surface area contributed by atoms with Gasteiger partial charge in [-0.2, -0.15) is 11.8 Å². The first-order valence-electron chi connectivity index (χ1n) is 6.41. The van der Waals surface area contributed by atoms with Crippen molar-refractivity contribution >= 4 is 46.8 Å². The standard InChI is InChI=1S/C13H14Cl2N2O3S/c1-2-20-13(19)10-7-21-4-3-17(10)12(18)8-5-11(15)16-6-9(8)14/h5-6,10H,2-4,7H2,1H3. The topological polar surface area (TPSA) is 59.5 Å². The first kappa shape index (κ1) is 16.4. The molecule has 8 heteroatoms. The number of carbonyl (C=O) groups is 2. The molecule has 1 atom stereocenters. The Balaban J connectivity index is 2.26. The Bertz CT molecular complexity index is 556. The lowest BCUT2D eigenvalue weighted by Crippen LogP contribution is -2.51. The van der Waals surface area contributed by atoms with Crippen molar-refractivity contribution in [1.82, 2.24) is 9.88 Å². The van der Waals surface area contributed by atoms with Crippen molar-refractivity contribution in [2.75, 3.05) is 24.7 Å². The van der Waals surface area contributed by atoms with Crippen LogP contribution in [0.5, 0.6) is 0 Å². The molecule has 1 aromatic rings. The van der Waals surface area contributed by atoms with Crippen molar-refractivity contribution in [3.63, 3.8) is 0 Å². The van der Waals surface area contributed by atoms with Crippen molar-refractivity contribution in [3.8, 4) is 0 Å². The maximum atomic E-state index is 12.6. The van der Waals surface area contributed by atoms with Crippen LogP contribution >= 0.6 is 35.0 Å². The van der Waals surface area contributed by atoms with Crippen LogP contribution in [0.2, 0.25) is 10.2 Å². The van der Waals surface area contributed by atoms with E-state index in [1.165, 1.54) is 17.2 Å². The van der Waals surface area contributed by atoms with E-state index in [1.807, 2.05) is 0 Å². The number of hydrogen-bond donors (Lipinski definition) is 0. The van der Waals surface area contributed by atoms with Crippen molar-refractivity contribution < 1.29 is 14.3 Å². The molecule has 1 aliphatic rings. The first-order chi connectivity index (χ1) is 10.0. The molecule has 1 unspecified atom stereocenters. The number of nitrogens with zero attached hydrogens (tertiary/aromatic N) is 2. The fourth-order valence-electron chi connectivity index (χ4n) is 2.01. The molecular weight excluding hydrogens is 335 g/mol. The summed E-state index contributed by atoms with van der Waals surface area (Å²) in [5.74, 6) is 0.552. The predicted molar refractivity (Wildman–Crippen MR) is 83.0 cm³/mol. The number of ether oxygens (including phenoxy) is 1. The van der Waals surface area contributed by atoms with E-state index >= 15 is 0 Å². The van der Waals surface area contributed by atoms with E-state index in [4.69, 9.17) is 27.9 Å². The summed E-state index contributed by atoms with van der Waals surface area (Å²) in [6.07, 6.45) is 1.33. The highest BCUT2D eigenvalue weighted by atomic mass is 35.5. The summed E-state index contributed by atoms with van der Waals surface area (Å²) in [4.78, 5) is 29.9. The summed E-state index contributed by atoms with van der Waals surface area (Å²) in [5, 5.41) is 0.395. The molecule has 1 saturated heterocycles. The zero-order valence-corrected chi connectivity index (χ0v) is 13.7. The van der Waals surface area contributed by atoms with Crippen molar-refractivity contribution in [2.45, 2.75) is 13.0 Å². The molecule has 0 N–H and O–H groups in total. The first-order valence-corrected chi connectivity index (χ1v) is 8.32. The number of pyridine rings is 1. The van der Waals surface area contributed by atoms with Gasteiger partial charge in [0.05, 0.1) is 17.2 Å². The number of amides is 1. The predicted octanol–water partition coefficient (Wildman–Crippen LogP) is 2.51. The fraction of sp³-hybridized carbons (Fsp3) is 0.462. The van der Waals surface area contributed by atoms with Crippen LogP contribution in [0.15, 0.2) is 12.3 Å². The van der Waals surface area contributed by atoms with E-state index < -0.39 is 12.0 Å². The normalized spacial score (nSPS) is 18.4. The molecule has 1 aliphatic heterocycles. The molecule has 1 fully saturated rings. The average Bonchev–Trinajstić information content (AvgIpc) is 2.49. The van der Waals surface area contributed by atoms with Gasteiger partial charge in [-0.1, -0.05) is 23.2 Å². The number of aromatic nitrogens is 1. The largest absolute Gasteiger partial charge is 0.464 e. The van der Waals surface area contributed by atoms with Gasteiger partial charge in [0.25, 0.3) is 5.91 Å². The molecule has 0 spiro atoms. The third-order valence-electron chi connectivity index (χ3n) is 3.00. The highest BCUT2D eigenvalue weighted by molar-refractivity contribution is 7.99. The molecule has 0 aromatic carbocycles. The second kappa shape index (κ2) is 7.33. The van der Waals surface area contributed by atoms with Crippen LogP contribution in [0.4, 0.5) is 0 Å². The summed E-state index contributed by atoms with van der Waals surface area (Å²) in [6.45, 7) is 2.48. The zero-order valence-electron chi connectivity index (χ0n) is 11.3. The zero-order chi connectivity index (χ0) is 15.4. The van der Waals surface area contributed by atoms with Gasteiger partial charge in [0.2, 0.25) is 0 Å². The maximum absolute atomic E-state index is 12.6. The number of rotatable bonds is 3. The van der Waals surface area contributed by atoms with E-state index in [-0.39, 0.29) is 28.3 Å². The number of esters is 1. The van der Waals surface area contributed by atoms with E-state index in [9.17, 15) is 9.59 Å². The highest BCUT2D eigenvalue weighted by Crippen LogP contribution is 2.24. The minimum atomic E-state index is -0.598. The van der Waals surface area contributed by atoms with E-state index in [2.05, 4.69) is 4.98 Å². The minimum Gasteiger partial charge on any atom is -0.464 e. The van der Waals surface area contributed by atoms with Crippen LogP contribution < -0.4 is 0 Å². The van der Waals surface area contributed by atoms with Gasteiger partial charge in [0.1, 0.15) is 11.2 Å². The van der Waals surface area contributed by atoms with Gasteiger partial charge in [-0.05, 0) is 13.0 Å². The van der Waals surface area contributed by atoms with Crippen LogP contribution in [-0.2, 0) is 9.53 Å². The van der Waals surface area contributed by atoms with Crippen molar-refractivity contribution in [1.29, 1.82) is 0 Å². The average molecular weight is 349 g/mol. The van der Waals surface area contributed by atoms with Gasteiger partial charge < -0.3 is 9.64 Å². The van der Waals surface area contributed by atoms with Crippen molar-refractivity contribution in [3.05, 3.63) is 28.0 Å². The molecular formula is C13H14Cl2N2O3S. The van der Waals surface area contributed by atoms with Gasteiger partial charge in [-0.25, -0.2) is 9.78 Å². The molecule has 0 radical (unpaired) electrons. The van der Waals surface area contributed by atoms with Gasteiger partial charge in [0.15, 0.2) is 0 Å². The molecule has 1 aromatic heterocycles. The van der Waals surface area contributed by atoms with Gasteiger partial charge in [0, 0.05) is 24.2 Å². The Kier molecular flexibility index (Phi) is 5.72. The van der Waals surface area contributed by atoms with Crippen LogP contribution in [0.25, 0.3) is 0 Å². The molecule has 0 saturated carbocycles. The lowest BCUT2D eigenvalue weighted by molar-refractivity contribution is -0.147. The summed E-state index contributed by atoms with van der Waals surface area (Å²) in [7, 11) is 0. The molecule has 0 bridgehead atoms. The van der Waals surface area contributed by atoms with E-state index in [0.29, 0.717) is 12.3 Å². The number of thioether (sulfide) groups is 1. The summed E-state index contributed by atoms with van der Waals surface area (Å²) < 4.78 is 5.03. The third-order valence-corrected chi connectivity index (χ3v) is 4.53. The highest BCUT2D eigenvalue weighted by Gasteiger charge is 2.34. The summed E-state index contributed by atoms with van der Waals surface area (Å²) >= 11 is 13.4. The Morgan fingerprint density at radius 1 is 1.52 bits per heavy atom. The SMILES string of the molecule is CCOC(=O)C1CSCCN1C(=O)c1cc(Cl)ncc1Cl. The van der Waals surface area contributed by atoms with Gasteiger partial charge >= 0.3 is 5.97 Å². The molecule has 2 rings (SSSR count). The monoisotopic (exact) mass is 348 g/mol. The van der Waals surface area contributed by atoms with Crippen LogP contribution in [0, 0.1) is 0 Å². The quantitative estimate of drug-likeness (QED) is 0.620. The molecule has 1 amide bonds. The van der Waals surface area contributed by atoms with Crippen LogP contribution in [-0.4, -0.2) is 52.5 Å². The lowest BCUT2D eigenvalue weighted by Gasteiger charge is -2.33. The Hall–Kier alpha value is -0.980. The molecule has 0 aliphatic carbocycles. The Morgan fingerprint density at radius 2 is 2.29 bits per heavy atom. The van der Waals surface area contributed by atoms with Gasteiger partial charge in [-0.15, -0.1) is 0 Å². The Morgan fingerprint density at radius 3 is 3.00 bits per heavy atom. The molecule has 2 heterocycles. The number of halogens is 2. The third kappa shape index (κ3) is 3.81. The summed E-state index contributed by atoms with van der Waals surface area (Å²) in [6, 6.07) is 0.815. The van der Waals surface area contributed by atoms with E-state index in [1.54, 1.807) is 18.7 Å². The second-order valence-electron chi connectivity index (χ2n) is 4.33. The van der Waals surface area contributed by atoms with Crippen molar-refractivity contribution in [2.24, 2.45) is 0 Å². The summed E-state index contributed by atoms with van der Waals surface area (Å²) in [5.41, 5.74) is 0.248. The number of hydrogen-bond acceptors (Lipinski definition) is 5. The fourth-order valence-corrected chi connectivity index (χ4v) is 3.39. The van der Waals surface area contributed by atoms with E-state index in [0.717, 1.165) is 5.75 Å².